The van der Waals surface area contributed by atoms with E-state index in [1.807, 2.05) is 43.0 Å². The third-order valence-electron chi connectivity index (χ3n) is 4.89. The van der Waals surface area contributed by atoms with Gasteiger partial charge in [0.2, 0.25) is 0 Å². The van der Waals surface area contributed by atoms with E-state index in [0.717, 1.165) is 42.3 Å². The molecule has 1 amide bonds. The number of anilines is 1. The van der Waals surface area contributed by atoms with Gasteiger partial charge in [-0.3, -0.25) is 4.79 Å². The molecule has 1 N–H and O–H groups in total. The first-order chi connectivity index (χ1) is 12.6. The fourth-order valence-electron chi connectivity index (χ4n) is 3.66. The zero-order valence-electron chi connectivity index (χ0n) is 15.2. The van der Waals surface area contributed by atoms with E-state index >= 15 is 0 Å². The molecule has 0 aliphatic carbocycles. The number of nitrogens with one attached hydrogen (secondary N) is 1. The number of hydrogen-bond acceptors (Lipinski definition) is 5. The normalized spacial score (nSPS) is 19.3. The first-order valence-electron chi connectivity index (χ1n) is 9.12. The van der Waals surface area contributed by atoms with E-state index in [4.69, 9.17) is 13.9 Å². The first kappa shape index (κ1) is 16.8. The van der Waals surface area contributed by atoms with Gasteiger partial charge in [0, 0.05) is 30.9 Å². The summed E-state index contributed by atoms with van der Waals surface area (Å²) in [7, 11) is 0. The van der Waals surface area contributed by atoms with Crippen molar-refractivity contribution < 1.29 is 18.7 Å². The molecule has 1 saturated heterocycles. The Morgan fingerprint density at radius 1 is 1.15 bits per heavy atom. The molecule has 6 nitrogen and oxygen atoms in total. The Morgan fingerprint density at radius 2 is 1.96 bits per heavy atom. The van der Waals surface area contributed by atoms with Crippen LogP contribution in [0.4, 0.5) is 5.69 Å². The molecule has 1 aromatic carbocycles. The van der Waals surface area contributed by atoms with Gasteiger partial charge in [0.15, 0.2) is 11.5 Å². The van der Waals surface area contributed by atoms with Crippen molar-refractivity contribution in [3.8, 4) is 11.5 Å². The fourth-order valence-corrected chi connectivity index (χ4v) is 3.66. The number of aryl methyl sites for hydroxylation is 2. The molecule has 1 atom stereocenters. The molecule has 3 heterocycles. The van der Waals surface area contributed by atoms with Crippen molar-refractivity contribution >= 4 is 11.6 Å². The van der Waals surface area contributed by atoms with Gasteiger partial charge in [-0.15, -0.1) is 0 Å². The molecule has 138 valence electrons. The fraction of sp³-hybridized carbons (Fsp3) is 0.450. The summed E-state index contributed by atoms with van der Waals surface area (Å²) in [6, 6.07) is 7.94. The largest absolute Gasteiger partial charge is 0.486 e. The highest BCUT2D eigenvalue weighted by Crippen LogP contribution is 2.33. The Balaban J connectivity index is 1.44. The molecular formula is C20H24N2O4. The minimum Gasteiger partial charge on any atom is -0.486 e. The number of benzene rings is 1. The number of nitrogens with zero attached hydrogens (tertiary/aromatic N) is 1. The van der Waals surface area contributed by atoms with Crippen LogP contribution in [0.3, 0.4) is 0 Å². The number of furan rings is 1. The molecule has 4 rings (SSSR count). The van der Waals surface area contributed by atoms with Crippen LogP contribution in [-0.2, 0) is 0 Å². The third kappa shape index (κ3) is 3.36. The Labute approximate surface area is 153 Å². The van der Waals surface area contributed by atoms with E-state index in [1.54, 1.807) is 0 Å². The SMILES string of the molecule is Cc1cc(C(=O)N2CCC[C@H](Nc3ccc4c(c3)OCCO4)C2)c(C)o1. The van der Waals surface area contributed by atoms with E-state index in [0.29, 0.717) is 31.1 Å². The smallest absolute Gasteiger partial charge is 0.257 e. The number of rotatable bonds is 3. The Bertz CT molecular complexity index is 814. The lowest BCUT2D eigenvalue weighted by atomic mass is 10.0. The Kier molecular flexibility index (Phi) is 4.49. The Hall–Kier alpha value is -2.63. The van der Waals surface area contributed by atoms with Crippen LogP contribution in [-0.4, -0.2) is 43.2 Å². The highest BCUT2D eigenvalue weighted by molar-refractivity contribution is 5.95. The standard InChI is InChI=1S/C20H24N2O4/c1-13-10-17(14(2)26-13)20(23)22-7-3-4-16(12-22)21-15-5-6-18-19(11-15)25-9-8-24-18/h5-6,10-11,16,21H,3-4,7-9,12H2,1-2H3/t16-/m0/s1. The van der Waals surface area contributed by atoms with Crippen molar-refractivity contribution in [2.45, 2.75) is 32.7 Å². The molecule has 1 fully saturated rings. The van der Waals surface area contributed by atoms with Crippen LogP contribution < -0.4 is 14.8 Å². The van der Waals surface area contributed by atoms with Crippen LogP contribution in [0.1, 0.15) is 34.7 Å². The zero-order chi connectivity index (χ0) is 18.1. The Morgan fingerprint density at radius 3 is 2.73 bits per heavy atom. The maximum atomic E-state index is 12.8. The highest BCUT2D eigenvalue weighted by Gasteiger charge is 2.27. The number of carbonyl (C=O) groups excluding carboxylic acids is 1. The average molecular weight is 356 g/mol. The van der Waals surface area contributed by atoms with E-state index in [2.05, 4.69) is 5.32 Å². The predicted octanol–water partition coefficient (Wildman–Crippen LogP) is 3.38. The number of hydrogen-bond donors (Lipinski definition) is 1. The van der Waals surface area contributed by atoms with Gasteiger partial charge >= 0.3 is 0 Å². The van der Waals surface area contributed by atoms with E-state index in [-0.39, 0.29) is 11.9 Å². The quantitative estimate of drug-likeness (QED) is 0.913. The van der Waals surface area contributed by atoms with Crippen molar-refractivity contribution in [1.29, 1.82) is 0 Å². The summed E-state index contributed by atoms with van der Waals surface area (Å²) >= 11 is 0. The van der Waals surface area contributed by atoms with Gasteiger partial charge in [-0.25, -0.2) is 0 Å². The second-order valence-corrected chi connectivity index (χ2v) is 6.92. The highest BCUT2D eigenvalue weighted by atomic mass is 16.6. The second-order valence-electron chi connectivity index (χ2n) is 6.92. The minimum absolute atomic E-state index is 0.0491. The van der Waals surface area contributed by atoms with Gasteiger partial charge in [-0.2, -0.15) is 0 Å². The van der Waals surface area contributed by atoms with E-state index in [1.165, 1.54) is 0 Å². The van der Waals surface area contributed by atoms with E-state index < -0.39 is 0 Å². The summed E-state index contributed by atoms with van der Waals surface area (Å²) in [6.07, 6.45) is 2.01. The molecule has 0 unspecified atom stereocenters. The molecule has 1 aromatic heterocycles. The lowest BCUT2D eigenvalue weighted by Gasteiger charge is -2.34. The first-order valence-corrected chi connectivity index (χ1v) is 9.12. The summed E-state index contributed by atoms with van der Waals surface area (Å²) in [5.74, 6) is 3.07. The van der Waals surface area contributed by atoms with Gasteiger partial charge < -0.3 is 24.1 Å². The number of ether oxygens (including phenoxy) is 2. The number of carbonyl (C=O) groups is 1. The number of fused-ring (bicyclic) bond motifs is 1. The van der Waals surface area contributed by atoms with Crippen LogP contribution in [0.15, 0.2) is 28.7 Å². The number of amides is 1. The number of likely N-dealkylation sites (tertiary alicyclic amines) is 1. The van der Waals surface area contributed by atoms with Crippen molar-refractivity contribution in [1.82, 2.24) is 4.90 Å². The second kappa shape index (κ2) is 6.94. The molecule has 2 aliphatic heterocycles. The summed E-state index contributed by atoms with van der Waals surface area (Å²) in [6.45, 7) is 6.33. The van der Waals surface area contributed by atoms with Crippen LogP contribution in [0.5, 0.6) is 11.5 Å². The maximum Gasteiger partial charge on any atom is 0.257 e. The lowest BCUT2D eigenvalue weighted by molar-refractivity contribution is 0.0713. The maximum absolute atomic E-state index is 12.8. The molecule has 0 bridgehead atoms. The minimum atomic E-state index is 0.0491. The number of piperidine rings is 1. The van der Waals surface area contributed by atoms with Crippen LogP contribution in [0.25, 0.3) is 0 Å². The van der Waals surface area contributed by atoms with E-state index in [9.17, 15) is 4.79 Å². The van der Waals surface area contributed by atoms with Crippen molar-refractivity contribution in [2.24, 2.45) is 0 Å². The molecule has 2 aliphatic rings. The van der Waals surface area contributed by atoms with Crippen molar-refractivity contribution in [2.75, 3.05) is 31.6 Å². The summed E-state index contributed by atoms with van der Waals surface area (Å²) in [4.78, 5) is 14.7. The van der Waals surface area contributed by atoms with Gasteiger partial charge in [-0.05, 0) is 44.9 Å². The predicted molar refractivity (Wildman–Crippen MR) is 98.2 cm³/mol. The summed E-state index contributed by atoms with van der Waals surface area (Å²) in [5, 5.41) is 3.53. The molecule has 0 spiro atoms. The topological polar surface area (TPSA) is 63.9 Å². The summed E-state index contributed by atoms with van der Waals surface area (Å²) in [5.41, 5.74) is 1.66. The van der Waals surface area contributed by atoms with Gasteiger partial charge in [0.05, 0.1) is 5.56 Å². The monoisotopic (exact) mass is 356 g/mol. The lowest BCUT2D eigenvalue weighted by Crippen LogP contribution is -2.45. The van der Waals surface area contributed by atoms with Crippen molar-refractivity contribution in [3.05, 3.63) is 41.3 Å². The molecule has 6 heteroatoms. The van der Waals surface area contributed by atoms with Crippen molar-refractivity contribution in [3.63, 3.8) is 0 Å². The molecule has 2 aromatic rings. The van der Waals surface area contributed by atoms with Gasteiger partial charge in [0.25, 0.3) is 5.91 Å². The van der Waals surface area contributed by atoms with Gasteiger partial charge in [-0.1, -0.05) is 0 Å². The molecule has 26 heavy (non-hydrogen) atoms. The summed E-state index contributed by atoms with van der Waals surface area (Å²) < 4.78 is 16.7. The third-order valence-corrected chi connectivity index (χ3v) is 4.89. The zero-order valence-corrected chi connectivity index (χ0v) is 15.2. The molecular weight excluding hydrogens is 332 g/mol. The van der Waals surface area contributed by atoms with Crippen LogP contribution in [0, 0.1) is 13.8 Å². The molecule has 0 saturated carbocycles. The van der Waals surface area contributed by atoms with Crippen LogP contribution in [0.2, 0.25) is 0 Å². The van der Waals surface area contributed by atoms with Gasteiger partial charge in [0.1, 0.15) is 24.7 Å². The average Bonchev–Trinajstić information content (AvgIpc) is 2.99. The van der Waals surface area contributed by atoms with Crippen LogP contribution >= 0.6 is 0 Å². The molecule has 0 radical (unpaired) electrons.